The van der Waals surface area contributed by atoms with Crippen LogP contribution in [-0.4, -0.2) is 24.3 Å². The number of para-hydroxylation sites is 1. The topological polar surface area (TPSA) is 56.7 Å². The number of fused-ring (bicyclic) bond motifs is 1. The van der Waals surface area contributed by atoms with Crippen molar-refractivity contribution in [2.75, 3.05) is 16.8 Å². The quantitative estimate of drug-likeness (QED) is 0.571. The van der Waals surface area contributed by atoms with E-state index in [1.807, 2.05) is 30.3 Å². The Hall–Kier alpha value is -3.08. The molecular weight excluding hydrogens is 348 g/mol. The molecule has 0 bridgehead atoms. The van der Waals surface area contributed by atoms with Crippen molar-refractivity contribution in [3.63, 3.8) is 0 Å². The first kappa shape index (κ1) is 19.7. The van der Waals surface area contributed by atoms with Crippen LogP contribution in [0.1, 0.15) is 44.4 Å². The Morgan fingerprint density at radius 2 is 1.89 bits per heavy atom. The molecule has 2 N–H and O–H groups in total. The van der Waals surface area contributed by atoms with Gasteiger partial charge in [0.1, 0.15) is 0 Å². The highest BCUT2D eigenvalue weighted by Crippen LogP contribution is 2.39. The van der Waals surface area contributed by atoms with Gasteiger partial charge in [-0.25, -0.2) is 10.2 Å². The minimum absolute atomic E-state index is 0.00897. The number of hydrogen-bond acceptors (Lipinski definition) is 3. The van der Waals surface area contributed by atoms with E-state index in [4.69, 9.17) is 0 Å². The van der Waals surface area contributed by atoms with E-state index in [-0.39, 0.29) is 11.6 Å². The minimum Gasteiger partial charge on any atom is -0.363 e. The van der Waals surface area contributed by atoms with Gasteiger partial charge in [-0.3, -0.25) is 0 Å². The molecule has 0 aliphatic carbocycles. The van der Waals surface area contributed by atoms with Gasteiger partial charge in [0.05, 0.1) is 11.8 Å². The van der Waals surface area contributed by atoms with Crippen molar-refractivity contribution in [3.05, 3.63) is 65.2 Å². The standard InChI is InChI=1S/C23H28N4O/c1-6-27-21-12-16(2)18(13-20(21)17(3)14-23(27,4)5)15-24-26-22(28)25-19-10-8-7-9-11-19/h7-15H,6H2,1-5H3,(H2,25,26,28)/b24-15+. The minimum atomic E-state index is -0.368. The largest absolute Gasteiger partial charge is 0.363 e. The summed E-state index contributed by atoms with van der Waals surface area (Å²) in [6, 6.07) is 13.3. The van der Waals surface area contributed by atoms with Crippen LogP contribution in [0.3, 0.4) is 0 Å². The fourth-order valence-corrected chi connectivity index (χ4v) is 3.80. The van der Waals surface area contributed by atoms with Gasteiger partial charge in [-0.05, 0) is 75.6 Å². The molecule has 2 amide bonds. The van der Waals surface area contributed by atoms with E-state index in [1.165, 1.54) is 16.8 Å². The molecule has 28 heavy (non-hydrogen) atoms. The molecule has 0 fully saturated rings. The van der Waals surface area contributed by atoms with Crippen LogP contribution < -0.4 is 15.6 Å². The number of hydrazone groups is 1. The summed E-state index contributed by atoms with van der Waals surface area (Å²) in [7, 11) is 0. The van der Waals surface area contributed by atoms with E-state index in [2.05, 4.69) is 73.6 Å². The van der Waals surface area contributed by atoms with Crippen LogP contribution in [0.5, 0.6) is 0 Å². The summed E-state index contributed by atoms with van der Waals surface area (Å²) in [5.41, 5.74) is 9.07. The normalized spacial score (nSPS) is 15.2. The first-order valence-electron chi connectivity index (χ1n) is 9.59. The molecule has 0 unspecified atom stereocenters. The van der Waals surface area contributed by atoms with Gasteiger partial charge in [0.2, 0.25) is 0 Å². The predicted molar refractivity (Wildman–Crippen MR) is 118 cm³/mol. The summed E-state index contributed by atoms with van der Waals surface area (Å²) in [6.45, 7) is 11.8. The van der Waals surface area contributed by atoms with Crippen LogP contribution in [-0.2, 0) is 0 Å². The number of rotatable bonds is 4. The fourth-order valence-electron chi connectivity index (χ4n) is 3.80. The molecule has 0 radical (unpaired) electrons. The Bertz CT molecular complexity index is 929. The van der Waals surface area contributed by atoms with Crippen molar-refractivity contribution in [1.29, 1.82) is 0 Å². The molecule has 0 saturated heterocycles. The second kappa shape index (κ2) is 7.89. The number of hydrogen-bond donors (Lipinski definition) is 2. The van der Waals surface area contributed by atoms with Gasteiger partial charge >= 0.3 is 6.03 Å². The highest BCUT2D eigenvalue weighted by atomic mass is 16.2. The SMILES string of the molecule is CCN1c2cc(C)c(/C=N/NC(=O)Nc3ccccc3)cc2C(C)=CC1(C)C. The first-order chi connectivity index (χ1) is 13.3. The number of carbonyl (C=O) groups excluding carboxylic acids is 1. The molecule has 1 heterocycles. The summed E-state index contributed by atoms with van der Waals surface area (Å²) in [5.74, 6) is 0. The molecule has 2 aromatic rings. The number of nitrogens with one attached hydrogen (secondary N) is 2. The molecule has 1 aliphatic rings. The van der Waals surface area contributed by atoms with Gasteiger partial charge in [0.15, 0.2) is 0 Å². The number of nitrogens with zero attached hydrogens (tertiary/aromatic N) is 2. The van der Waals surface area contributed by atoms with Crippen LogP contribution in [0.25, 0.3) is 5.57 Å². The average Bonchev–Trinajstić information content (AvgIpc) is 2.63. The van der Waals surface area contributed by atoms with Crippen LogP contribution in [0.2, 0.25) is 0 Å². The molecule has 0 saturated carbocycles. The van der Waals surface area contributed by atoms with E-state index >= 15 is 0 Å². The summed E-state index contributed by atoms with van der Waals surface area (Å²) in [4.78, 5) is 14.4. The molecule has 5 heteroatoms. The maximum atomic E-state index is 12.0. The lowest BCUT2D eigenvalue weighted by Gasteiger charge is -2.43. The van der Waals surface area contributed by atoms with Crippen LogP contribution in [0, 0.1) is 6.92 Å². The summed E-state index contributed by atoms with van der Waals surface area (Å²) >= 11 is 0. The zero-order valence-electron chi connectivity index (χ0n) is 17.2. The maximum Gasteiger partial charge on any atom is 0.339 e. The van der Waals surface area contributed by atoms with Crippen molar-refractivity contribution in [1.82, 2.24) is 5.43 Å². The van der Waals surface area contributed by atoms with E-state index in [0.29, 0.717) is 0 Å². The lowest BCUT2D eigenvalue weighted by molar-refractivity contribution is 0.252. The number of anilines is 2. The Morgan fingerprint density at radius 3 is 2.57 bits per heavy atom. The van der Waals surface area contributed by atoms with Crippen LogP contribution in [0.15, 0.2) is 53.6 Å². The fraction of sp³-hybridized carbons (Fsp3) is 0.304. The van der Waals surface area contributed by atoms with Crippen molar-refractivity contribution in [2.24, 2.45) is 5.10 Å². The van der Waals surface area contributed by atoms with E-state index < -0.39 is 0 Å². The Kier molecular flexibility index (Phi) is 5.54. The second-order valence-corrected chi connectivity index (χ2v) is 7.64. The molecule has 0 aromatic heterocycles. The van der Waals surface area contributed by atoms with Crippen molar-refractivity contribution in [2.45, 2.75) is 40.2 Å². The molecule has 146 valence electrons. The van der Waals surface area contributed by atoms with E-state index in [1.54, 1.807) is 6.21 Å². The third-order valence-corrected chi connectivity index (χ3v) is 5.08. The Labute approximate surface area is 167 Å². The lowest BCUT2D eigenvalue weighted by atomic mass is 9.87. The summed E-state index contributed by atoms with van der Waals surface area (Å²) in [5, 5.41) is 6.86. The molecular formula is C23H28N4O. The number of allylic oxidation sites excluding steroid dienone is 1. The van der Waals surface area contributed by atoms with Gasteiger partial charge in [-0.1, -0.05) is 24.3 Å². The van der Waals surface area contributed by atoms with Crippen molar-refractivity contribution < 1.29 is 4.79 Å². The number of aryl methyl sites for hydroxylation is 1. The summed E-state index contributed by atoms with van der Waals surface area (Å²) in [6.07, 6.45) is 4.00. The van der Waals surface area contributed by atoms with Gasteiger partial charge in [-0.2, -0.15) is 5.10 Å². The zero-order valence-corrected chi connectivity index (χ0v) is 17.2. The monoisotopic (exact) mass is 376 g/mol. The second-order valence-electron chi connectivity index (χ2n) is 7.64. The Balaban J connectivity index is 1.78. The number of urea groups is 1. The number of benzene rings is 2. The van der Waals surface area contributed by atoms with Crippen LogP contribution >= 0.6 is 0 Å². The Morgan fingerprint density at radius 1 is 1.18 bits per heavy atom. The van der Waals surface area contributed by atoms with Gasteiger partial charge < -0.3 is 10.2 Å². The highest BCUT2D eigenvalue weighted by Gasteiger charge is 2.30. The average molecular weight is 377 g/mol. The first-order valence-corrected chi connectivity index (χ1v) is 9.59. The number of carbonyl (C=O) groups is 1. The van der Waals surface area contributed by atoms with E-state index in [0.717, 1.165) is 23.4 Å². The molecule has 5 nitrogen and oxygen atoms in total. The van der Waals surface area contributed by atoms with E-state index in [9.17, 15) is 4.79 Å². The third kappa shape index (κ3) is 4.09. The molecule has 1 aliphatic heterocycles. The number of likely N-dealkylation sites (N-methyl/N-ethyl adjacent to an activating group) is 1. The smallest absolute Gasteiger partial charge is 0.339 e. The number of amides is 2. The lowest BCUT2D eigenvalue weighted by Crippen LogP contribution is -2.45. The zero-order chi connectivity index (χ0) is 20.3. The van der Waals surface area contributed by atoms with Crippen molar-refractivity contribution in [3.8, 4) is 0 Å². The van der Waals surface area contributed by atoms with Gasteiger partial charge in [0, 0.05) is 23.5 Å². The molecule has 0 atom stereocenters. The highest BCUT2D eigenvalue weighted by molar-refractivity contribution is 5.92. The summed E-state index contributed by atoms with van der Waals surface area (Å²) < 4.78 is 0. The van der Waals surface area contributed by atoms with Crippen LogP contribution in [0.4, 0.5) is 16.2 Å². The molecule has 3 rings (SSSR count). The third-order valence-electron chi connectivity index (χ3n) is 5.08. The van der Waals surface area contributed by atoms with Gasteiger partial charge in [0.25, 0.3) is 0 Å². The van der Waals surface area contributed by atoms with Gasteiger partial charge in [-0.15, -0.1) is 0 Å². The molecule has 0 spiro atoms. The predicted octanol–water partition coefficient (Wildman–Crippen LogP) is 5.17. The molecule has 2 aromatic carbocycles. The van der Waals surface area contributed by atoms with Crippen molar-refractivity contribution >= 4 is 29.2 Å². The maximum absolute atomic E-state index is 12.0.